The average Bonchev–Trinajstić information content (AvgIpc) is 2.93. The molecular weight excluding hydrogens is 579 g/mol. The zero-order chi connectivity index (χ0) is 26.9. The topological polar surface area (TPSA) is 97.1 Å². The molecule has 38 heavy (non-hydrogen) atoms. The average molecular weight is 601 g/mol. The van der Waals surface area contributed by atoms with Crippen LogP contribution in [0.1, 0.15) is 0 Å². The number of nitrogens with zero attached hydrogens (tertiary/aromatic N) is 2. The number of carbonyl (C=O) groups is 1. The molecule has 1 aliphatic heterocycles. The molecule has 3 aromatic carbocycles. The number of sulfonamides is 1. The third-order valence-corrected chi connectivity index (χ3v) is 8.69. The van der Waals surface area contributed by atoms with Crippen LogP contribution in [-0.2, 0) is 14.8 Å². The van der Waals surface area contributed by atoms with Crippen molar-refractivity contribution in [3.63, 3.8) is 0 Å². The van der Waals surface area contributed by atoms with Gasteiger partial charge in [0.2, 0.25) is 21.2 Å². The Hall–Kier alpha value is -3.54. The molecule has 0 aliphatic carbocycles. The Balaban J connectivity index is 1.31. The van der Waals surface area contributed by atoms with Gasteiger partial charge in [0.1, 0.15) is 11.4 Å². The van der Waals surface area contributed by atoms with Crippen molar-refractivity contribution >= 4 is 42.8 Å². The zero-order valence-electron chi connectivity index (χ0n) is 20.0. The standard InChI is InChI=1S/C27H22BrFN2O6S/c28-19-7-5-18(6-8-19)26-27(25(33)22-3-1-2-4-23(22)37-26)36-17-24(32)30-13-15-31(16-14-30)38(34,35)21-11-9-20(29)10-12-21/h1-12H,13-17H2. The molecule has 0 N–H and O–H groups in total. The summed E-state index contributed by atoms with van der Waals surface area (Å²) in [5.74, 6) is -0.776. The van der Waals surface area contributed by atoms with Gasteiger partial charge in [0.25, 0.3) is 5.91 Å². The van der Waals surface area contributed by atoms with Gasteiger partial charge in [-0.3, -0.25) is 9.59 Å². The SMILES string of the molecule is O=C(COc1c(-c2ccc(Br)cc2)oc2ccccc2c1=O)N1CCN(S(=O)(=O)c2ccc(F)cc2)CC1. The van der Waals surface area contributed by atoms with Crippen molar-refractivity contribution < 1.29 is 26.8 Å². The van der Waals surface area contributed by atoms with Crippen molar-refractivity contribution in [1.29, 1.82) is 0 Å². The van der Waals surface area contributed by atoms with Crippen LogP contribution in [0.5, 0.6) is 5.75 Å². The van der Waals surface area contributed by atoms with E-state index >= 15 is 0 Å². The Morgan fingerprint density at radius 2 is 1.61 bits per heavy atom. The van der Waals surface area contributed by atoms with Gasteiger partial charge in [0.05, 0.1) is 10.3 Å². The fourth-order valence-corrected chi connectivity index (χ4v) is 5.89. The van der Waals surface area contributed by atoms with E-state index in [9.17, 15) is 22.4 Å². The normalized spacial score (nSPS) is 14.5. The van der Waals surface area contributed by atoms with E-state index in [1.807, 2.05) is 0 Å². The van der Waals surface area contributed by atoms with Crippen LogP contribution in [0, 0.1) is 5.82 Å². The minimum absolute atomic E-state index is 0.00879. The highest BCUT2D eigenvalue weighted by Gasteiger charge is 2.30. The van der Waals surface area contributed by atoms with Crippen molar-refractivity contribution in [2.45, 2.75) is 4.90 Å². The molecule has 8 nitrogen and oxygen atoms in total. The molecule has 0 saturated carbocycles. The van der Waals surface area contributed by atoms with Gasteiger partial charge in [-0.2, -0.15) is 4.31 Å². The fraction of sp³-hybridized carbons (Fsp3) is 0.185. The van der Waals surface area contributed by atoms with Crippen molar-refractivity contribution in [2.75, 3.05) is 32.8 Å². The largest absolute Gasteiger partial charge is 0.476 e. The quantitative estimate of drug-likeness (QED) is 0.328. The van der Waals surface area contributed by atoms with Gasteiger partial charge in [-0.1, -0.05) is 28.1 Å². The Morgan fingerprint density at radius 3 is 2.29 bits per heavy atom. The number of amides is 1. The number of rotatable bonds is 6. The summed E-state index contributed by atoms with van der Waals surface area (Å²) in [6, 6.07) is 18.6. The summed E-state index contributed by atoms with van der Waals surface area (Å²) in [5.41, 5.74) is 0.610. The number of fused-ring (bicyclic) bond motifs is 1. The van der Waals surface area contributed by atoms with E-state index in [1.54, 1.807) is 48.5 Å². The summed E-state index contributed by atoms with van der Waals surface area (Å²) in [5, 5.41) is 0.329. The Bertz CT molecular complexity index is 1650. The van der Waals surface area contributed by atoms with E-state index in [0.717, 1.165) is 16.6 Å². The third kappa shape index (κ3) is 5.22. The molecular formula is C27H22BrFN2O6S. The van der Waals surface area contributed by atoms with Gasteiger partial charge in [0.15, 0.2) is 12.4 Å². The molecule has 0 bridgehead atoms. The minimum atomic E-state index is -3.81. The molecule has 0 atom stereocenters. The third-order valence-electron chi connectivity index (χ3n) is 6.25. The van der Waals surface area contributed by atoms with Crippen LogP contribution < -0.4 is 10.2 Å². The maximum Gasteiger partial charge on any atom is 0.260 e. The number of hydrogen-bond acceptors (Lipinski definition) is 6. The lowest BCUT2D eigenvalue weighted by Crippen LogP contribution is -2.51. The maximum atomic E-state index is 13.3. The highest BCUT2D eigenvalue weighted by Crippen LogP contribution is 2.31. The summed E-state index contributed by atoms with van der Waals surface area (Å²) in [7, 11) is -3.81. The van der Waals surface area contributed by atoms with Gasteiger partial charge >= 0.3 is 0 Å². The van der Waals surface area contributed by atoms with Crippen LogP contribution in [-0.4, -0.2) is 56.3 Å². The molecule has 1 aliphatic rings. The van der Waals surface area contributed by atoms with Crippen molar-refractivity contribution in [2.24, 2.45) is 0 Å². The molecule has 1 aromatic heterocycles. The van der Waals surface area contributed by atoms with E-state index in [4.69, 9.17) is 9.15 Å². The van der Waals surface area contributed by atoms with Crippen molar-refractivity contribution in [3.05, 3.63) is 93.3 Å². The minimum Gasteiger partial charge on any atom is -0.476 e. The number of piperazine rings is 1. The lowest BCUT2D eigenvalue weighted by molar-refractivity contribution is -0.134. The van der Waals surface area contributed by atoms with E-state index in [0.29, 0.717) is 16.5 Å². The van der Waals surface area contributed by atoms with Crippen LogP contribution in [0.25, 0.3) is 22.3 Å². The summed E-state index contributed by atoms with van der Waals surface area (Å²) in [4.78, 5) is 27.7. The first-order valence-electron chi connectivity index (χ1n) is 11.7. The lowest BCUT2D eigenvalue weighted by atomic mass is 10.1. The second-order valence-corrected chi connectivity index (χ2v) is 11.5. The van der Waals surface area contributed by atoms with E-state index in [1.165, 1.54) is 21.3 Å². The lowest BCUT2D eigenvalue weighted by Gasteiger charge is -2.34. The summed E-state index contributed by atoms with van der Waals surface area (Å²) < 4.78 is 52.8. The molecule has 1 saturated heterocycles. The first-order chi connectivity index (χ1) is 18.2. The van der Waals surface area contributed by atoms with E-state index < -0.39 is 33.8 Å². The number of ether oxygens (including phenoxy) is 1. The Kier molecular flexibility index (Phi) is 7.33. The van der Waals surface area contributed by atoms with Gasteiger partial charge in [0, 0.05) is 36.2 Å². The molecule has 0 unspecified atom stereocenters. The van der Waals surface area contributed by atoms with Gasteiger partial charge in [-0.15, -0.1) is 0 Å². The van der Waals surface area contributed by atoms with E-state index in [2.05, 4.69) is 15.9 Å². The molecule has 196 valence electrons. The molecule has 1 amide bonds. The smallest absolute Gasteiger partial charge is 0.260 e. The second kappa shape index (κ2) is 10.7. The molecule has 0 spiro atoms. The van der Waals surface area contributed by atoms with Crippen LogP contribution in [0.3, 0.4) is 0 Å². The Morgan fingerprint density at radius 1 is 0.947 bits per heavy atom. The highest BCUT2D eigenvalue weighted by molar-refractivity contribution is 9.10. The monoisotopic (exact) mass is 600 g/mol. The van der Waals surface area contributed by atoms with Gasteiger partial charge in [-0.25, -0.2) is 12.8 Å². The van der Waals surface area contributed by atoms with Crippen LogP contribution >= 0.6 is 15.9 Å². The Labute approximate surface area is 226 Å². The summed E-state index contributed by atoms with van der Waals surface area (Å²) >= 11 is 3.39. The van der Waals surface area contributed by atoms with Crippen molar-refractivity contribution in [3.8, 4) is 17.1 Å². The van der Waals surface area contributed by atoms with Crippen LogP contribution in [0.2, 0.25) is 0 Å². The molecule has 1 fully saturated rings. The highest BCUT2D eigenvalue weighted by atomic mass is 79.9. The predicted molar refractivity (Wildman–Crippen MR) is 143 cm³/mol. The molecule has 11 heteroatoms. The molecule has 0 radical (unpaired) electrons. The fourth-order valence-electron chi connectivity index (χ4n) is 4.21. The van der Waals surface area contributed by atoms with Gasteiger partial charge in [-0.05, 0) is 60.7 Å². The predicted octanol–water partition coefficient (Wildman–Crippen LogP) is 4.27. The van der Waals surface area contributed by atoms with Gasteiger partial charge < -0.3 is 14.1 Å². The number of benzene rings is 3. The summed E-state index contributed by atoms with van der Waals surface area (Å²) in [6.45, 7) is 0.0295. The number of halogens is 2. The first kappa shape index (κ1) is 26.1. The molecule has 5 rings (SSSR count). The maximum absolute atomic E-state index is 13.3. The number of hydrogen-bond donors (Lipinski definition) is 0. The first-order valence-corrected chi connectivity index (χ1v) is 14.0. The van der Waals surface area contributed by atoms with Crippen LogP contribution in [0.15, 0.2) is 91.4 Å². The number of carbonyl (C=O) groups excluding carboxylic acids is 1. The molecule has 4 aromatic rings. The van der Waals surface area contributed by atoms with Crippen LogP contribution in [0.4, 0.5) is 4.39 Å². The summed E-state index contributed by atoms with van der Waals surface area (Å²) in [6.07, 6.45) is 0. The second-order valence-electron chi connectivity index (χ2n) is 8.62. The van der Waals surface area contributed by atoms with Crippen molar-refractivity contribution in [1.82, 2.24) is 9.21 Å². The zero-order valence-corrected chi connectivity index (χ0v) is 22.4. The van der Waals surface area contributed by atoms with E-state index in [-0.39, 0.29) is 42.6 Å². The number of para-hydroxylation sites is 1. The molecule has 2 heterocycles.